The second-order valence-corrected chi connectivity index (χ2v) is 21.0. The molecule has 3 heterocycles. The largest absolute Gasteiger partial charge is 0.497 e. The second-order valence-electron chi connectivity index (χ2n) is 19.0. The number of ether oxygens (including phenoxy) is 3. The molecular formula is C42H56F2N6O9S. The summed E-state index contributed by atoms with van der Waals surface area (Å²) in [5, 5.41) is 4.51. The zero-order valence-electron chi connectivity index (χ0n) is 34.7. The quantitative estimate of drug-likeness (QED) is 0.351. The Morgan fingerprint density at radius 1 is 1.02 bits per heavy atom. The molecule has 5 aliphatic carbocycles. The Morgan fingerprint density at radius 2 is 1.77 bits per heavy atom. The van der Waals surface area contributed by atoms with E-state index < -0.39 is 92.9 Å². The van der Waals surface area contributed by atoms with E-state index >= 15 is 0 Å². The number of rotatable bonds is 7. The first kappa shape index (κ1) is 42.3. The molecule has 5 saturated carbocycles. The molecule has 2 aromatic rings. The van der Waals surface area contributed by atoms with Crippen molar-refractivity contribution in [3.05, 3.63) is 23.9 Å². The van der Waals surface area contributed by atoms with Gasteiger partial charge in [0.15, 0.2) is 0 Å². The molecular weight excluding hydrogens is 803 g/mol. The highest BCUT2D eigenvalue weighted by Crippen LogP contribution is 2.52. The summed E-state index contributed by atoms with van der Waals surface area (Å²) in [5.41, 5.74) is -1.41. The average molecular weight is 859 g/mol. The van der Waals surface area contributed by atoms with E-state index in [0.29, 0.717) is 53.6 Å². The molecule has 9 rings (SSSR count). The fourth-order valence-electron chi connectivity index (χ4n) is 9.97. The zero-order valence-corrected chi connectivity index (χ0v) is 35.6. The van der Waals surface area contributed by atoms with Gasteiger partial charge in [0.05, 0.1) is 35.9 Å². The number of fused-ring (bicyclic) bond motifs is 4. The van der Waals surface area contributed by atoms with E-state index in [1.165, 1.54) is 4.90 Å². The summed E-state index contributed by atoms with van der Waals surface area (Å²) in [4.78, 5) is 68.0. The molecule has 2 aliphatic heterocycles. The number of nitrogens with one attached hydrogen (secondary N) is 3. The molecule has 6 fully saturated rings. The standard InChI is InChI=1S/C42H56F2N6O9S/c1-21-32-20-50(33(21)36(51)48-42(19-27(42)35(43)44)39(53)49-60(55,56)25-12-13-25)38(52)34(41(2,3)4)47-40(54)59-31-17-22-15-23(16-22)26(31)9-7-6-8-10-29-37(58-32)46-30-18-24(57-5)11-14-28(30)45-29/h11,14,18,21-23,25-27,31-35H,6-10,12-13,15-17,19-20H2,1-5H3,(H,47,54)(H,48,51)(H,49,53)/t21-,22?,23?,26-,27?,31-,32+,33+,34-,42-/m1/s1. The highest BCUT2D eigenvalue weighted by molar-refractivity contribution is 7.91. The van der Waals surface area contributed by atoms with Crippen molar-refractivity contribution in [2.75, 3.05) is 13.7 Å². The number of amides is 4. The van der Waals surface area contributed by atoms with Crippen LogP contribution in [0.5, 0.6) is 11.6 Å². The molecule has 1 aromatic carbocycles. The van der Waals surface area contributed by atoms with E-state index in [-0.39, 0.29) is 24.4 Å². The number of alkyl carbamates (subject to hydrolysis) is 1. The molecule has 4 bridgehead atoms. The van der Waals surface area contributed by atoms with Crippen LogP contribution in [0.4, 0.5) is 13.6 Å². The van der Waals surface area contributed by atoms with Crippen LogP contribution >= 0.6 is 0 Å². The second kappa shape index (κ2) is 15.8. The monoisotopic (exact) mass is 858 g/mol. The third-order valence-corrected chi connectivity index (χ3v) is 15.6. The molecule has 7 aliphatic rings. The number of hydrogen-bond donors (Lipinski definition) is 3. The summed E-state index contributed by atoms with van der Waals surface area (Å²) < 4.78 is 74.3. The third kappa shape index (κ3) is 8.20. The zero-order chi connectivity index (χ0) is 42.9. The Labute approximate surface area is 348 Å². The van der Waals surface area contributed by atoms with Gasteiger partial charge in [0.25, 0.3) is 5.91 Å². The van der Waals surface area contributed by atoms with Crippen molar-refractivity contribution >= 4 is 44.9 Å². The number of carbonyl (C=O) groups is 4. The first-order chi connectivity index (χ1) is 28.4. The van der Waals surface area contributed by atoms with E-state index in [1.807, 2.05) is 10.8 Å². The lowest BCUT2D eigenvalue weighted by molar-refractivity contribution is -0.144. The van der Waals surface area contributed by atoms with Gasteiger partial charge in [0, 0.05) is 12.0 Å². The minimum Gasteiger partial charge on any atom is -0.497 e. The molecule has 60 heavy (non-hydrogen) atoms. The average Bonchev–Trinajstić information content (AvgIpc) is 4.10. The molecule has 3 N–H and O–H groups in total. The minimum atomic E-state index is -4.15. The van der Waals surface area contributed by atoms with Gasteiger partial charge in [-0.2, -0.15) is 0 Å². The summed E-state index contributed by atoms with van der Waals surface area (Å²) in [7, 11) is -2.61. The van der Waals surface area contributed by atoms with Crippen molar-refractivity contribution in [2.45, 2.75) is 140 Å². The van der Waals surface area contributed by atoms with E-state index in [1.54, 1.807) is 46.9 Å². The van der Waals surface area contributed by atoms with Gasteiger partial charge in [-0.1, -0.05) is 40.5 Å². The molecule has 18 heteroatoms. The van der Waals surface area contributed by atoms with Gasteiger partial charge in [-0.15, -0.1) is 0 Å². The predicted octanol–water partition coefficient (Wildman–Crippen LogP) is 4.65. The lowest BCUT2D eigenvalue weighted by Gasteiger charge is -2.50. The Kier molecular flexibility index (Phi) is 11.2. The van der Waals surface area contributed by atoms with E-state index in [4.69, 9.17) is 24.2 Å². The smallest absolute Gasteiger partial charge is 0.408 e. The number of sulfonamides is 1. The number of carbonyl (C=O) groups excluding carboxylic acids is 4. The molecule has 1 aromatic heterocycles. The van der Waals surface area contributed by atoms with Crippen LogP contribution in [0.15, 0.2) is 18.2 Å². The Morgan fingerprint density at radius 3 is 2.43 bits per heavy atom. The SMILES string of the molecule is COc1ccc2nc3c(nc2c1)O[C@H]1CN(C(=O)[C@H](C(C)(C)C)NC(=O)O[C@@H]2CC4CC(C4)[C@H]2CCCCC3)[C@H](C(=O)N[C@]2(C(=O)NS(=O)(=O)C3CC3)CC2C(F)F)[C@@H]1C. The van der Waals surface area contributed by atoms with E-state index in [0.717, 1.165) is 44.9 Å². The number of hydrogen-bond acceptors (Lipinski definition) is 11. The number of methoxy groups -OCH3 is 1. The topological polar surface area (TPSA) is 195 Å². The van der Waals surface area contributed by atoms with Crippen molar-refractivity contribution < 1.29 is 50.6 Å². The Bertz CT molecular complexity index is 2140. The lowest BCUT2D eigenvalue weighted by atomic mass is 9.58. The predicted molar refractivity (Wildman–Crippen MR) is 213 cm³/mol. The lowest BCUT2D eigenvalue weighted by Crippen LogP contribution is -2.61. The summed E-state index contributed by atoms with van der Waals surface area (Å²) in [6, 6.07) is 2.73. The molecule has 1 saturated heterocycles. The number of nitrogens with zero attached hydrogens (tertiary/aromatic N) is 3. The van der Waals surface area contributed by atoms with Crippen molar-refractivity contribution in [1.82, 2.24) is 30.2 Å². The maximum absolute atomic E-state index is 14.9. The van der Waals surface area contributed by atoms with Crippen molar-refractivity contribution in [2.24, 2.45) is 35.0 Å². The fraction of sp³-hybridized carbons (Fsp3) is 0.714. The van der Waals surface area contributed by atoms with Gasteiger partial charge in [-0.05, 0) is 93.1 Å². The molecule has 15 nitrogen and oxygen atoms in total. The van der Waals surface area contributed by atoms with Gasteiger partial charge >= 0.3 is 6.09 Å². The number of halogens is 2. The van der Waals surface area contributed by atoms with Gasteiger partial charge in [0.1, 0.15) is 41.3 Å². The molecule has 0 radical (unpaired) electrons. The summed E-state index contributed by atoms with van der Waals surface area (Å²) in [5.74, 6) is -3.40. The maximum atomic E-state index is 14.9. The van der Waals surface area contributed by atoms with Gasteiger partial charge in [-0.25, -0.2) is 32.0 Å². The molecule has 0 spiro atoms. The number of aromatic nitrogens is 2. The summed E-state index contributed by atoms with van der Waals surface area (Å²) >= 11 is 0. The van der Waals surface area contributed by atoms with E-state index in [9.17, 15) is 36.4 Å². The highest BCUT2D eigenvalue weighted by atomic mass is 32.2. The summed E-state index contributed by atoms with van der Waals surface area (Å²) in [6.45, 7) is 6.80. The van der Waals surface area contributed by atoms with Crippen LogP contribution in [0.2, 0.25) is 0 Å². The molecule has 1 unspecified atom stereocenters. The third-order valence-electron chi connectivity index (χ3n) is 13.8. The first-order valence-corrected chi connectivity index (χ1v) is 22.9. The van der Waals surface area contributed by atoms with Crippen molar-refractivity contribution in [1.29, 1.82) is 0 Å². The van der Waals surface area contributed by atoms with Crippen LogP contribution in [-0.2, 0) is 35.6 Å². The highest BCUT2D eigenvalue weighted by Gasteiger charge is 2.67. The van der Waals surface area contributed by atoms with Gasteiger partial charge in [0.2, 0.25) is 34.1 Å². The van der Waals surface area contributed by atoms with Crippen LogP contribution < -0.4 is 24.8 Å². The molecule has 328 valence electrons. The Hall–Kier alpha value is -4.35. The van der Waals surface area contributed by atoms with Crippen LogP contribution in [0.3, 0.4) is 0 Å². The number of aryl methyl sites for hydroxylation is 1. The fourth-order valence-corrected chi connectivity index (χ4v) is 11.3. The van der Waals surface area contributed by atoms with Crippen LogP contribution in [-0.4, -0.2) is 102 Å². The number of alkyl halides is 2. The van der Waals surface area contributed by atoms with E-state index in [2.05, 4.69) is 10.6 Å². The van der Waals surface area contributed by atoms with Gasteiger partial charge in [-0.3, -0.25) is 19.1 Å². The minimum absolute atomic E-state index is 0.180. The molecule has 8 atom stereocenters. The number of benzene rings is 1. The van der Waals surface area contributed by atoms with Crippen LogP contribution in [0.1, 0.15) is 97.6 Å². The van der Waals surface area contributed by atoms with Crippen LogP contribution in [0.25, 0.3) is 11.0 Å². The molecule has 4 amide bonds. The van der Waals surface area contributed by atoms with Crippen LogP contribution in [0, 0.1) is 35.0 Å². The van der Waals surface area contributed by atoms with Crippen molar-refractivity contribution in [3.8, 4) is 11.6 Å². The van der Waals surface area contributed by atoms with Crippen molar-refractivity contribution in [3.63, 3.8) is 0 Å². The van der Waals surface area contributed by atoms with Gasteiger partial charge < -0.3 is 29.7 Å². The first-order valence-electron chi connectivity index (χ1n) is 21.3. The Balaban J connectivity index is 1.15. The normalized spacial score (nSPS) is 33.5. The summed E-state index contributed by atoms with van der Waals surface area (Å²) in [6.07, 6.45) is 2.16. The maximum Gasteiger partial charge on any atom is 0.408 e.